The lowest BCUT2D eigenvalue weighted by Gasteiger charge is -2.06. The Morgan fingerprint density at radius 3 is 2.83 bits per heavy atom. The van der Waals surface area contributed by atoms with Crippen LogP contribution in [0.3, 0.4) is 0 Å². The zero-order valence-corrected chi connectivity index (χ0v) is 12.8. The number of ether oxygens (including phenoxy) is 1. The Morgan fingerprint density at radius 1 is 1.17 bits per heavy atom. The lowest BCUT2D eigenvalue weighted by Crippen LogP contribution is -2.01. The van der Waals surface area contributed by atoms with Crippen molar-refractivity contribution >= 4 is 27.8 Å². The van der Waals surface area contributed by atoms with Gasteiger partial charge in [0.2, 0.25) is 0 Å². The molecule has 5 nitrogen and oxygen atoms in total. The molecule has 23 heavy (non-hydrogen) atoms. The molecular formula is C18H15N3O2. The molecule has 0 fully saturated rings. The molecule has 0 amide bonds. The van der Waals surface area contributed by atoms with E-state index < -0.39 is 0 Å². The first kappa shape index (κ1) is 13.6. The number of aromatic amines is 1. The average molecular weight is 305 g/mol. The predicted octanol–water partition coefficient (Wildman–Crippen LogP) is 3.51. The molecule has 2 aromatic carbocycles. The molecule has 0 aliphatic rings. The van der Waals surface area contributed by atoms with E-state index in [-0.39, 0.29) is 5.97 Å². The summed E-state index contributed by atoms with van der Waals surface area (Å²) in [7, 11) is 3.40. The van der Waals surface area contributed by atoms with E-state index in [1.54, 1.807) is 12.3 Å². The normalized spacial score (nSPS) is 11.2. The lowest BCUT2D eigenvalue weighted by atomic mass is 9.98. The third-order valence-corrected chi connectivity index (χ3v) is 4.17. The number of hydrogen-bond acceptors (Lipinski definition) is 3. The number of carbonyl (C=O) groups excluding carboxylic acids is 1. The van der Waals surface area contributed by atoms with Crippen molar-refractivity contribution in [3.8, 4) is 11.1 Å². The minimum atomic E-state index is -0.358. The highest BCUT2D eigenvalue weighted by Crippen LogP contribution is 2.35. The number of methoxy groups -OCH3 is 1. The van der Waals surface area contributed by atoms with E-state index in [9.17, 15) is 4.79 Å². The first-order chi connectivity index (χ1) is 11.2. The fraction of sp³-hybridized carbons (Fsp3) is 0.111. The molecule has 0 unspecified atom stereocenters. The molecule has 0 spiro atoms. The summed E-state index contributed by atoms with van der Waals surface area (Å²) in [6.07, 6.45) is 3.86. The van der Waals surface area contributed by atoms with E-state index in [0.717, 1.165) is 32.9 Å². The number of esters is 1. The number of aromatic nitrogens is 3. The van der Waals surface area contributed by atoms with Gasteiger partial charge in [0.15, 0.2) is 0 Å². The summed E-state index contributed by atoms with van der Waals surface area (Å²) < 4.78 is 6.95. The molecule has 0 saturated heterocycles. The van der Waals surface area contributed by atoms with Gasteiger partial charge in [-0.1, -0.05) is 18.2 Å². The molecule has 4 aromatic rings. The van der Waals surface area contributed by atoms with E-state index in [4.69, 9.17) is 4.74 Å². The Morgan fingerprint density at radius 2 is 2.00 bits per heavy atom. The number of nitrogens with one attached hydrogen (secondary N) is 1. The molecule has 2 aromatic heterocycles. The second-order valence-corrected chi connectivity index (χ2v) is 5.52. The van der Waals surface area contributed by atoms with Crippen molar-refractivity contribution in [1.29, 1.82) is 0 Å². The molecule has 0 saturated carbocycles. The maximum absolute atomic E-state index is 12.0. The SMILES string of the molecule is COC(=O)c1cc(-c2cn(C)c3ccccc23)c2cn[nH]c2c1. The van der Waals surface area contributed by atoms with E-state index in [0.29, 0.717) is 5.56 Å². The molecule has 0 aliphatic heterocycles. The Balaban J connectivity index is 2.07. The molecule has 2 heterocycles. The van der Waals surface area contributed by atoms with Gasteiger partial charge in [-0.25, -0.2) is 4.79 Å². The summed E-state index contributed by atoms with van der Waals surface area (Å²) in [6.45, 7) is 0. The maximum atomic E-state index is 12.0. The van der Waals surface area contributed by atoms with E-state index in [1.807, 2.05) is 25.2 Å². The first-order valence-electron chi connectivity index (χ1n) is 7.29. The van der Waals surface area contributed by atoms with Crippen LogP contribution >= 0.6 is 0 Å². The summed E-state index contributed by atoms with van der Waals surface area (Å²) in [4.78, 5) is 12.0. The number of carbonyl (C=O) groups is 1. The minimum absolute atomic E-state index is 0.358. The van der Waals surface area contributed by atoms with Gasteiger partial charge >= 0.3 is 5.97 Å². The van der Waals surface area contributed by atoms with Crippen LogP contribution in [-0.2, 0) is 11.8 Å². The highest BCUT2D eigenvalue weighted by Gasteiger charge is 2.16. The summed E-state index contributed by atoms with van der Waals surface area (Å²) in [5.74, 6) is -0.358. The van der Waals surface area contributed by atoms with Gasteiger partial charge in [0.1, 0.15) is 0 Å². The zero-order chi connectivity index (χ0) is 16.0. The number of para-hydroxylation sites is 1. The van der Waals surface area contributed by atoms with Crippen LogP contribution in [0.5, 0.6) is 0 Å². The smallest absolute Gasteiger partial charge is 0.337 e. The number of fused-ring (bicyclic) bond motifs is 2. The van der Waals surface area contributed by atoms with Crippen LogP contribution in [0.4, 0.5) is 0 Å². The standard InChI is InChI=1S/C18H15N3O2/c1-21-10-15(12-5-3-4-6-17(12)21)13-7-11(18(22)23-2)8-16-14(13)9-19-20-16/h3-10H,1-2H3,(H,19,20). The quantitative estimate of drug-likeness (QED) is 0.577. The number of hydrogen-bond donors (Lipinski definition) is 1. The Hall–Kier alpha value is -3.08. The summed E-state index contributed by atoms with van der Waals surface area (Å²) >= 11 is 0. The molecule has 0 radical (unpaired) electrons. The van der Waals surface area contributed by atoms with Crippen LogP contribution in [0.1, 0.15) is 10.4 Å². The summed E-state index contributed by atoms with van der Waals surface area (Å²) in [5.41, 5.74) is 4.50. The third-order valence-electron chi connectivity index (χ3n) is 4.17. The molecule has 1 N–H and O–H groups in total. The van der Waals surface area contributed by atoms with Gasteiger partial charge in [0.25, 0.3) is 0 Å². The average Bonchev–Trinajstić information content (AvgIpc) is 3.18. The van der Waals surface area contributed by atoms with Crippen molar-refractivity contribution in [2.75, 3.05) is 7.11 Å². The van der Waals surface area contributed by atoms with E-state index in [1.165, 1.54) is 7.11 Å². The highest BCUT2D eigenvalue weighted by molar-refractivity contribution is 6.07. The van der Waals surface area contributed by atoms with Crippen LogP contribution < -0.4 is 0 Å². The second kappa shape index (κ2) is 4.98. The van der Waals surface area contributed by atoms with Crippen LogP contribution in [0.25, 0.3) is 32.9 Å². The zero-order valence-electron chi connectivity index (χ0n) is 12.8. The number of nitrogens with zero attached hydrogens (tertiary/aromatic N) is 2. The number of rotatable bonds is 2. The van der Waals surface area contributed by atoms with Crippen LogP contribution in [-0.4, -0.2) is 27.8 Å². The van der Waals surface area contributed by atoms with Crippen molar-refractivity contribution in [3.63, 3.8) is 0 Å². The number of H-pyrrole nitrogens is 1. The van der Waals surface area contributed by atoms with Gasteiger partial charge < -0.3 is 9.30 Å². The number of aryl methyl sites for hydroxylation is 1. The van der Waals surface area contributed by atoms with Gasteiger partial charge in [0.05, 0.1) is 24.4 Å². The molecular weight excluding hydrogens is 290 g/mol. The maximum Gasteiger partial charge on any atom is 0.337 e. The van der Waals surface area contributed by atoms with Gasteiger partial charge in [-0.05, 0) is 23.8 Å². The van der Waals surface area contributed by atoms with Crippen LogP contribution in [0.15, 0.2) is 48.8 Å². The first-order valence-corrected chi connectivity index (χ1v) is 7.29. The van der Waals surface area contributed by atoms with Crippen molar-refractivity contribution in [3.05, 3.63) is 54.4 Å². The van der Waals surface area contributed by atoms with Gasteiger partial charge in [0, 0.05) is 35.1 Å². The molecule has 5 heteroatoms. The Labute approximate surface area is 132 Å². The largest absolute Gasteiger partial charge is 0.465 e. The Bertz CT molecular complexity index is 1040. The number of benzene rings is 2. The van der Waals surface area contributed by atoms with Crippen LogP contribution in [0.2, 0.25) is 0 Å². The fourth-order valence-electron chi connectivity index (χ4n) is 3.07. The van der Waals surface area contributed by atoms with Crippen molar-refractivity contribution in [2.45, 2.75) is 0 Å². The molecule has 114 valence electrons. The van der Waals surface area contributed by atoms with E-state index >= 15 is 0 Å². The predicted molar refractivity (Wildman–Crippen MR) is 89.3 cm³/mol. The molecule has 0 bridgehead atoms. The summed E-state index contributed by atoms with van der Waals surface area (Å²) in [6, 6.07) is 11.8. The Kier molecular flexibility index (Phi) is 2.94. The highest BCUT2D eigenvalue weighted by atomic mass is 16.5. The monoisotopic (exact) mass is 305 g/mol. The topological polar surface area (TPSA) is 59.9 Å². The second-order valence-electron chi connectivity index (χ2n) is 5.52. The van der Waals surface area contributed by atoms with Crippen molar-refractivity contribution < 1.29 is 9.53 Å². The van der Waals surface area contributed by atoms with E-state index in [2.05, 4.69) is 33.1 Å². The van der Waals surface area contributed by atoms with Gasteiger partial charge in [-0.3, -0.25) is 5.10 Å². The van der Waals surface area contributed by atoms with Gasteiger partial charge in [-0.15, -0.1) is 0 Å². The molecule has 0 atom stereocenters. The van der Waals surface area contributed by atoms with Crippen LogP contribution in [0, 0.1) is 0 Å². The van der Waals surface area contributed by atoms with Gasteiger partial charge in [-0.2, -0.15) is 5.10 Å². The van der Waals surface area contributed by atoms with Crippen molar-refractivity contribution in [2.24, 2.45) is 7.05 Å². The minimum Gasteiger partial charge on any atom is -0.465 e. The van der Waals surface area contributed by atoms with Crippen molar-refractivity contribution in [1.82, 2.24) is 14.8 Å². The summed E-state index contributed by atoms with van der Waals surface area (Å²) in [5, 5.41) is 9.18. The fourth-order valence-corrected chi connectivity index (χ4v) is 3.07. The molecule has 4 rings (SSSR count). The lowest BCUT2D eigenvalue weighted by molar-refractivity contribution is 0.0601. The molecule has 0 aliphatic carbocycles. The third kappa shape index (κ3) is 2.01.